The molecule has 0 spiro atoms. The summed E-state index contributed by atoms with van der Waals surface area (Å²) in [5, 5.41) is 16.9. The molecule has 20 heavy (non-hydrogen) atoms. The van der Waals surface area contributed by atoms with Crippen LogP contribution in [0.1, 0.15) is 13.3 Å². The second kappa shape index (κ2) is 7.09. The van der Waals surface area contributed by atoms with Crippen LogP contribution in [0.4, 0.5) is 17.1 Å². The number of nitrogens with one attached hydrogen (secondary N) is 2. The quantitative estimate of drug-likeness (QED) is 0.432. The van der Waals surface area contributed by atoms with Crippen molar-refractivity contribution < 1.29 is 13.3 Å². The summed E-state index contributed by atoms with van der Waals surface area (Å²) in [4.78, 5) is 10.4. The number of benzene rings is 1. The molecule has 7 nitrogen and oxygen atoms in total. The maximum Gasteiger partial charge on any atom is 0.273 e. The molecule has 8 heteroatoms. The number of rotatable bonds is 8. The summed E-state index contributed by atoms with van der Waals surface area (Å²) in [7, 11) is -2.98. The van der Waals surface area contributed by atoms with E-state index in [-0.39, 0.29) is 11.4 Å². The lowest BCUT2D eigenvalue weighted by molar-refractivity contribution is -0.384. The summed E-state index contributed by atoms with van der Waals surface area (Å²) in [6.07, 6.45) is 1.64. The molecule has 0 aliphatic rings. The molecule has 0 atom stereocenters. The third-order valence-corrected chi connectivity index (χ3v) is 3.56. The molecule has 1 aromatic carbocycles. The fourth-order valence-electron chi connectivity index (χ4n) is 1.69. The van der Waals surface area contributed by atoms with Crippen LogP contribution >= 0.6 is 0 Å². The number of sulfone groups is 1. The van der Waals surface area contributed by atoms with Gasteiger partial charge >= 0.3 is 0 Å². The Kier molecular flexibility index (Phi) is 5.75. The van der Waals surface area contributed by atoms with Gasteiger partial charge in [-0.15, -0.1) is 0 Å². The fraction of sp³-hybridized carbons (Fsp3) is 0.500. The molecular weight excluding hydrogens is 282 g/mol. The monoisotopic (exact) mass is 301 g/mol. The van der Waals surface area contributed by atoms with Crippen molar-refractivity contribution in [3.8, 4) is 0 Å². The van der Waals surface area contributed by atoms with E-state index >= 15 is 0 Å². The third kappa shape index (κ3) is 5.87. The first-order chi connectivity index (χ1) is 9.31. The van der Waals surface area contributed by atoms with Crippen molar-refractivity contribution in [3.63, 3.8) is 0 Å². The Morgan fingerprint density at radius 1 is 1.20 bits per heavy atom. The maximum absolute atomic E-state index is 11.0. The van der Waals surface area contributed by atoms with E-state index in [2.05, 4.69) is 10.6 Å². The highest BCUT2D eigenvalue weighted by Gasteiger charge is 2.09. The molecule has 0 aliphatic heterocycles. The third-order valence-electron chi connectivity index (χ3n) is 2.53. The zero-order chi connectivity index (χ0) is 15.2. The van der Waals surface area contributed by atoms with Gasteiger partial charge in [0.1, 0.15) is 9.84 Å². The largest absolute Gasteiger partial charge is 0.385 e. The number of nitro benzene ring substituents is 1. The van der Waals surface area contributed by atoms with E-state index in [1.807, 2.05) is 6.92 Å². The van der Waals surface area contributed by atoms with Crippen LogP contribution < -0.4 is 10.6 Å². The lowest BCUT2D eigenvalue weighted by Crippen LogP contribution is -2.10. The van der Waals surface area contributed by atoms with Crippen molar-refractivity contribution in [3.05, 3.63) is 28.3 Å². The number of hydrogen-bond donors (Lipinski definition) is 2. The van der Waals surface area contributed by atoms with Crippen LogP contribution in [0.25, 0.3) is 0 Å². The number of hydrogen-bond acceptors (Lipinski definition) is 6. The molecule has 0 aromatic heterocycles. The predicted molar refractivity (Wildman–Crippen MR) is 80.1 cm³/mol. The van der Waals surface area contributed by atoms with Crippen molar-refractivity contribution in [1.29, 1.82) is 0 Å². The van der Waals surface area contributed by atoms with E-state index in [4.69, 9.17) is 0 Å². The van der Waals surface area contributed by atoms with Gasteiger partial charge in [-0.25, -0.2) is 8.42 Å². The average molecular weight is 301 g/mol. The zero-order valence-electron chi connectivity index (χ0n) is 11.5. The van der Waals surface area contributed by atoms with E-state index in [1.54, 1.807) is 6.07 Å². The molecule has 0 saturated carbocycles. The number of nitro groups is 1. The van der Waals surface area contributed by atoms with Crippen molar-refractivity contribution in [1.82, 2.24) is 0 Å². The second-order valence-corrected chi connectivity index (χ2v) is 6.73. The van der Waals surface area contributed by atoms with Crippen molar-refractivity contribution in [2.24, 2.45) is 0 Å². The van der Waals surface area contributed by atoms with E-state index in [0.717, 1.165) is 0 Å². The van der Waals surface area contributed by atoms with Crippen LogP contribution in [0, 0.1) is 10.1 Å². The van der Waals surface area contributed by atoms with Gasteiger partial charge in [0.15, 0.2) is 0 Å². The summed E-state index contributed by atoms with van der Waals surface area (Å²) < 4.78 is 22.0. The Hall–Kier alpha value is -1.83. The highest BCUT2D eigenvalue weighted by atomic mass is 32.2. The van der Waals surface area contributed by atoms with Crippen LogP contribution in [0.2, 0.25) is 0 Å². The Morgan fingerprint density at radius 3 is 2.30 bits per heavy atom. The standard InChI is InChI=1S/C12H19N3O4S/c1-3-13-10-7-11(9-12(8-10)15(16)17)14-5-4-6-20(2,18)19/h7-9,13-14H,3-6H2,1-2H3. The van der Waals surface area contributed by atoms with Crippen molar-refractivity contribution in [2.45, 2.75) is 13.3 Å². The summed E-state index contributed by atoms with van der Waals surface area (Å²) in [5.41, 5.74) is 1.25. The van der Waals surface area contributed by atoms with E-state index in [1.165, 1.54) is 18.4 Å². The SMILES string of the molecule is CCNc1cc(NCCCS(C)(=O)=O)cc([N+](=O)[O-])c1. The van der Waals surface area contributed by atoms with Gasteiger partial charge in [-0.05, 0) is 19.4 Å². The minimum Gasteiger partial charge on any atom is -0.385 e. The molecule has 0 amide bonds. The van der Waals surface area contributed by atoms with Gasteiger partial charge in [0, 0.05) is 42.9 Å². The molecule has 0 unspecified atom stereocenters. The van der Waals surface area contributed by atoms with Crippen LogP contribution in [0.5, 0.6) is 0 Å². The second-order valence-electron chi connectivity index (χ2n) is 4.47. The van der Waals surface area contributed by atoms with E-state index in [0.29, 0.717) is 30.9 Å². The molecule has 2 N–H and O–H groups in total. The normalized spacial score (nSPS) is 11.1. The first-order valence-corrected chi connectivity index (χ1v) is 8.33. The highest BCUT2D eigenvalue weighted by molar-refractivity contribution is 7.90. The Labute approximate surface area is 118 Å². The zero-order valence-corrected chi connectivity index (χ0v) is 12.4. The fourth-order valence-corrected chi connectivity index (χ4v) is 2.36. The van der Waals surface area contributed by atoms with Gasteiger partial charge in [-0.3, -0.25) is 10.1 Å². The number of anilines is 2. The lowest BCUT2D eigenvalue weighted by atomic mass is 10.2. The van der Waals surface area contributed by atoms with E-state index < -0.39 is 14.8 Å². The van der Waals surface area contributed by atoms with Crippen LogP contribution in [-0.4, -0.2) is 38.4 Å². The number of non-ortho nitro benzene ring substituents is 1. The molecule has 1 rings (SSSR count). The molecule has 1 aromatic rings. The molecule has 112 valence electrons. The lowest BCUT2D eigenvalue weighted by Gasteiger charge is -2.09. The summed E-state index contributed by atoms with van der Waals surface area (Å²) >= 11 is 0. The van der Waals surface area contributed by atoms with Gasteiger partial charge in [0.25, 0.3) is 5.69 Å². The molecule has 0 aliphatic carbocycles. The molecule has 0 fully saturated rings. The van der Waals surface area contributed by atoms with Crippen LogP contribution in [-0.2, 0) is 9.84 Å². The molecule has 0 heterocycles. The maximum atomic E-state index is 11.0. The summed E-state index contributed by atoms with van der Waals surface area (Å²) in [6.45, 7) is 3.01. The van der Waals surface area contributed by atoms with Gasteiger partial charge in [-0.1, -0.05) is 0 Å². The van der Waals surface area contributed by atoms with Crippen molar-refractivity contribution >= 4 is 26.9 Å². The van der Waals surface area contributed by atoms with Gasteiger partial charge < -0.3 is 10.6 Å². The topological polar surface area (TPSA) is 101 Å². The minimum atomic E-state index is -2.98. The van der Waals surface area contributed by atoms with Gasteiger partial charge in [0.05, 0.1) is 10.7 Å². The van der Waals surface area contributed by atoms with Gasteiger partial charge in [0.2, 0.25) is 0 Å². The minimum absolute atomic E-state index is 0.00550. The van der Waals surface area contributed by atoms with Crippen LogP contribution in [0.15, 0.2) is 18.2 Å². The molecular formula is C12H19N3O4S. The molecule has 0 bridgehead atoms. The van der Waals surface area contributed by atoms with E-state index in [9.17, 15) is 18.5 Å². The predicted octanol–water partition coefficient (Wildman–Crippen LogP) is 1.87. The molecule has 0 saturated heterocycles. The highest BCUT2D eigenvalue weighted by Crippen LogP contribution is 2.24. The first-order valence-electron chi connectivity index (χ1n) is 6.27. The summed E-state index contributed by atoms with van der Waals surface area (Å²) in [5.74, 6) is 0.0923. The Bertz CT molecular complexity index is 572. The Morgan fingerprint density at radius 2 is 1.80 bits per heavy atom. The first kappa shape index (κ1) is 16.2. The van der Waals surface area contributed by atoms with Crippen LogP contribution in [0.3, 0.4) is 0 Å². The molecule has 0 radical (unpaired) electrons. The summed E-state index contributed by atoms with van der Waals surface area (Å²) in [6, 6.07) is 4.66. The smallest absolute Gasteiger partial charge is 0.273 e. The number of nitrogens with zero attached hydrogens (tertiary/aromatic N) is 1. The Balaban J connectivity index is 2.71. The average Bonchev–Trinajstić information content (AvgIpc) is 2.33. The van der Waals surface area contributed by atoms with Gasteiger partial charge in [-0.2, -0.15) is 0 Å². The van der Waals surface area contributed by atoms with Crippen molar-refractivity contribution in [2.75, 3.05) is 35.7 Å².